The molecule has 0 amide bonds. The van der Waals surface area contributed by atoms with Crippen LogP contribution >= 0.6 is 16.0 Å². The maximum absolute atomic E-state index is 12.3. The standard InChI is InChI=1S/C17H34BN3O5P2/c1-14(2)21(15(3)4)27(25-10-7-9-19)20-12-16(26-17(18)13-20)8-11-28(22,23-5)24-6/h8,11,14-17H,7,10,12-13,18H2,1-6H3/b11-8+. The largest absolute Gasteiger partial charge is 0.377 e. The minimum absolute atomic E-state index is 0.0152. The number of nitriles is 1. The zero-order valence-electron chi connectivity index (χ0n) is 18.1. The van der Waals surface area contributed by atoms with Crippen LogP contribution in [0.5, 0.6) is 0 Å². The Balaban J connectivity index is 3.03. The Morgan fingerprint density at radius 2 is 1.93 bits per heavy atom. The van der Waals surface area contributed by atoms with Crippen LogP contribution in [-0.2, 0) is 22.9 Å². The SMILES string of the molecule is BC1CN(P(OCCC#N)N(C(C)C)C(C)C)CC(/C=C/P(=O)(OC)OC)O1. The third kappa shape index (κ3) is 7.86. The topological polar surface area (TPSA) is 84.3 Å². The van der Waals surface area contributed by atoms with Crippen molar-refractivity contribution in [3.63, 3.8) is 0 Å². The lowest BCUT2D eigenvalue weighted by atomic mass is 9.98. The Kier molecular flexibility index (Phi) is 11.4. The lowest BCUT2D eigenvalue weighted by molar-refractivity contribution is -0.00345. The highest BCUT2D eigenvalue weighted by Crippen LogP contribution is 2.50. The number of nitrogens with zero attached hydrogens (tertiary/aromatic N) is 3. The molecular weight excluding hydrogens is 399 g/mol. The number of rotatable bonds is 11. The van der Waals surface area contributed by atoms with Crippen molar-refractivity contribution in [2.45, 2.75) is 58.3 Å². The first-order valence-electron chi connectivity index (χ1n) is 9.56. The molecule has 1 heterocycles. The number of ether oxygens (including phenoxy) is 1. The molecule has 1 aliphatic rings. The van der Waals surface area contributed by atoms with E-state index in [2.05, 4.69) is 43.1 Å². The second-order valence-corrected chi connectivity index (χ2v) is 11.1. The molecule has 1 saturated heterocycles. The van der Waals surface area contributed by atoms with Crippen LogP contribution < -0.4 is 0 Å². The zero-order valence-corrected chi connectivity index (χ0v) is 19.9. The van der Waals surface area contributed by atoms with E-state index in [0.717, 1.165) is 6.54 Å². The minimum atomic E-state index is -3.23. The monoisotopic (exact) mass is 433 g/mol. The van der Waals surface area contributed by atoms with E-state index in [4.69, 9.17) is 23.6 Å². The molecule has 1 aliphatic heterocycles. The molecule has 0 aromatic carbocycles. The van der Waals surface area contributed by atoms with E-state index >= 15 is 0 Å². The number of morpholine rings is 1. The molecule has 11 heteroatoms. The summed E-state index contributed by atoms with van der Waals surface area (Å²) in [6.07, 6.45) is 1.85. The maximum atomic E-state index is 12.3. The second kappa shape index (κ2) is 12.4. The van der Waals surface area contributed by atoms with Crippen LogP contribution in [0.2, 0.25) is 0 Å². The quantitative estimate of drug-likeness (QED) is 0.280. The van der Waals surface area contributed by atoms with Crippen molar-refractivity contribution in [1.82, 2.24) is 9.34 Å². The summed E-state index contributed by atoms with van der Waals surface area (Å²) in [5, 5.41) is 8.89. The lowest BCUT2D eigenvalue weighted by Crippen LogP contribution is -2.48. The fraction of sp³-hybridized carbons (Fsp3) is 0.824. The third-order valence-electron chi connectivity index (χ3n) is 4.18. The summed E-state index contributed by atoms with van der Waals surface area (Å²) in [7, 11) is 0.430. The van der Waals surface area contributed by atoms with Gasteiger partial charge in [-0.1, -0.05) is 0 Å². The van der Waals surface area contributed by atoms with Crippen molar-refractivity contribution >= 4 is 23.9 Å². The Morgan fingerprint density at radius 1 is 1.32 bits per heavy atom. The Hall–Kier alpha value is -0.285. The molecule has 0 spiro atoms. The molecule has 1 fully saturated rings. The van der Waals surface area contributed by atoms with Crippen LogP contribution in [0.1, 0.15) is 34.1 Å². The van der Waals surface area contributed by atoms with Gasteiger partial charge in [-0.2, -0.15) is 5.26 Å². The highest BCUT2D eigenvalue weighted by Gasteiger charge is 2.36. The van der Waals surface area contributed by atoms with Gasteiger partial charge in [0.2, 0.25) is 0 Å². The zero-order chi connectivity index (χ0) is 21.3. The van der Waals surface area contributed by atoms with E-state index in [1.54, 1.807) is 6.08 Å². The molecule has 3 unspecified atom stereocenters. The van der Waals surface area contributed by atoms with Crippen molar-refractivity contribution in [2.75, 3.05) is 33.9 Å². The normalized spacial score (nSPS) is 23.0. The van der Waals surface area contributed by atoms with E-state index < -0.39 is 16.0 Å². The number of hydrogen-bond acceptors (Lipinski definition) is 8. The van der Waals surface area contributed by atoms with E-state index in [1.807, 2.05) is 7.85 Å². The van der Waals surface area contributed by atoms with Crippen LogP contribution in [0.3, 0.4) is 0 Å². The van der Waals surface area contributed by atoms with E-state index in [1.165, 1.54) is 20.0 Å². The summed E-state index contributed by atoms with van der Waals surface area (Å²) in [6, 6.07) is 2.72. The smallest absolute Gasteiger partial charge is 0.353 e. The van der Waals surface area contributed by atoms with Crippen molar-refractivity contribution in [3.05, 3.63) is 11.9 Å². The third-order valence-corrected chi connectivity index (χ3v) is 8.27. The highest BCUT2D eigenvalue weighted by molar-refractivity contribution is 7.57. The summed E-state index contributed by atoms with van der Waals surface area (Å²) < 4.78 is 39.0. The molecule has 3 atom stereocenters. The Morgan fingerprint density at radius 3 is 2.43 bits per heavy atom. The molecule has 0 aromatic heterocycles. The summed E-state index contributed by atoms with van der Waals surface area (Å²) in [6.45, 7) is 10.3. The minimum Gasteiger partial charge on any atom is -0.377 e. The summed E-state index contributed by atoms with van der Waals surface area (Å²) in [5.41, 5.74) is 0. The van der Waals surface area contributed by atoms with Crippen molar-refractivity contribution in [1.29, 1.82) is 5.26 Å². The lowest BCUT2D eigenvalue weighted by Gasteiger charge is -2.46. The highest BCUT2D eigenvalue weighted by atomic mass is 31.2. The predicted molar refractivity (Wildman–Crippen MR) is 115 cm³/mol. The molecule has 1 rings (SSSR count). The van der Waals surface area contributed by atoms with Crippen LogP contribution in [-0.4, -0.2) is 75.3 Å². The molecule has 0 N–H and O–H groups in total. The van der Waals surface area contributed by atoms with Gasteiger partial charge in [0, 0.05) is 51.2 Å². The van der Waals surface area contributed by atoms with Gasteiger partial charge >= 0.3 is 7.60 Å². The van der Waals surface area contributed by atoms with Gasteiger partial charge < -0.3 is 18.3 Å². The molecule has 0 saturated carbocycles. The van der Waals surface area contributed by atoms with Crippen LogP contribution in [0.15, 0.2) is 11.9 Å². The van der Waals surface area contributed by atoms with Gasteiger partial charge in [0.15, 0.2) is 8.45 Å². The van der Waals surface area contributed by atoms with Crippen LogP contribution in [0, 0.1) is 11.3 Å². The van der Waals surface area contributed by atoms with Crippen LogP contribution in [0.4, 0.5) is 0 Å². The molecular formula is C17H34BN3O5P2. The van der Waals surface area contributed by atoms with Gasteiger partial charge in [-0.3, -0.25) is 4.57 Å². The van der Waals surface area contributed by atoms with E-state index in [9.17, 15) is 4.57 Å². The van der Waals surface area contributed by atoms with Crippen molar-refractivity contribution < 1.29 is 22.9 Å². The van der Waals surface area contributed by atoms with E-state index in [-0.39, 0.29) is 12.1 Å². The molecule has 0 radical (unpaired) electrons. The molecule has 0 aliphatic carbocycles. The predicted octanol–water partition coefficient (Wildman–Crippen LogP) is 2.92. The Labute approximate surface area is 172 Å². The van der Waals surface area contributed by atoms with Gasteiger partial charge in [-0.15, -0.1) is 0 Å². The van der Waals surface area contributed by atoms with Crippen LogP contribution in [0.25, 0.3) is 0 Å². The number of hydrogen-bond donors (Lipinski definition) is 0. The molecule has 28 heavy (non-hydrogen) atoms. The molecule has 160 valence electrons. The summed E-state index contributed by atoms with van der Waals surface area (Å²) >= 11 is 0. The van der Waals surface area contributed by atoms with Gasteiger partial charge in [-0.25, -0.2) is 9.34 Å². The van der Waals surface area contributed by atoms with Gasteiger partial charge in [0.05, 0.1) is 25.2 Å². The molecule has 0 bridgehead atoms. The second-order valence-electron chi connectivity index (χ2n) is 7.16. The average molecular weight is 433 g/mol. The Bertz CT molecular complexity index is 572. The fourth-order valence-corrected chi connectivity index (χ4v) is 6.16. The maximum Gasteiger partial charge on any atom is 0.353 e. The van der Waals surface area contributed by atoms with Gasteiger partial charge in [-0.05, 0) is 33.8 Å². The van der Waals surface area contributed by atoms with Crippen molar-refractivity contribution in [3.8, 4) is 6.07 Å². The van der Waals surface area contributed by atoms with Gasteiger partial charge in [0.1, 0.15) is 7.85 Å². The molecule has 8 nitrogen and oxygen atoms in total. The first kappa shape index (κ1) is 25.8. The first-order chi connectivity index (χ1) is 13.2. The fourth-order valence-electron chi connectivity index (χ4n) is 3.07. The van der Waals surface area contributed by atoms with Gasteiger partial charge in [0.25, 0.3) is 0 Å². The average Bonchev–Trinajstić information content (AvgIpc) is 2.64. The van der Waals surface area contributed by atoms with E-state index in [0.29, 0.717) is 31.7 Å². The summed E-state index contributed by atoms with van der Waals surface area (Å²) in [4.78, 5) is 0. The molecule has 0 aromatic rings. The first-order valence-corrected chi connectivity index (χ1v) is 12.3. The van der Waals surface area contributed by atoms with Crippen molar-refractivity contribution in [2.24, 2.45) is 0 Å². The summed E-state index contributed by atoms with van der Waals surface area (Å²) in [5.74, 6) is 1.45.